The molecule has 1 amide bonds. The van der Waals surface area contributed by atoms with Crippen molar-refractivity contribution in [2.45, 2.75) is 20.4 Å². The summed E-state index contributed by atoms with van der Waals surface area (Å²) in [6, 6.07) is 15.0. The summed E-state index contributed by atoms with van der Waals surface area (Å²) in [6.45, 7) is 5.38. The maximum absolute atomic E-state index is 12.3. The number of benzene rings is 2. The topological polar surface area (TPSA) is 47.6 Å². The Balaban J connectivity index is 2.10. The molecule has 0 atom stereocenters. The number of hydrogen-bond acceptors (Lipinski definition) is 3. The normalized spacial score (nSPS) is 10.1. The molecule has 2 aromatic carbocycles. The minimum Gasteiger partial charge on any atom is -0.494 e. The van der Waals surface area contributed by atoms with Crippen molar-refractivity contribution in [2.75, 3.05) is 13.2 Å². The van der Waals surface area contributed by atoms with Crippen LogP contribution < -0.4 is 14.8 Å². The average molecular weight is 299 g/mol. The first-order valence-corrected chi connectivity index (χ1v) is 7.45. The van der Waals surface area contributed by atoms with Gasteiger partial charge >= 0.3 is 0 Å². The summed E-state index contributed by atoms with van der Waals surface area (Å²) in [4.78, 5) is 12.3. The van der Waals surface area contributed by atoms with E-state index in [-0.39, 0.29) is 5.91 Å². The summed E-state index contributed by atoms with van der Waals surface area (Å²) in [6.07, 6.45) is 0. The molecule has 1 N–H and O–H groups in total. The van der Waals surface area contributed by atoms with Crippen LogP contribution in [0.15, 0.2) is 48.5 Å². The number of carbonyl (C=O) groups is 1. The molecule has 0 bridgehead atoms. The molecule has 0 saturated heterocycles. The van der Waals surface area contributed by atoms with Gasteiger partial charge in [0.25, 0.3) is 5.91 Å². The Morgan fingerprint density at radius 3 is 2.09 bits per heavy atom. The maximum atomic E-state index is 12.3. The van der Waals surface area contributed by atoms with Crippen LogP contribution in [0.2, 0.25) is 0 Å². The summed E-state index contributed by atoms with van der Waals surface area (Å²) >= 11 is 0. The lowest BCUT2D eigenvalue weighted by atomic mass is 10.1. The fraction of sp³-hybridized carbons (Fsp3) is 0.278. The van der Waals surface area contributed by atoms with Gasteiger partial charge in [0.2, 0.25) is 0 Å². The molecule has 0 heterocycles. The Labute approximate surface area is 131 Å². The van der Waals surface area contributed by atoms with E-state index in [4.69, 9.17) is 9.47 Å². The van der Waals surface area contributed by atoms with Crippen molar-refractivity contribution in [3.63, 3.8) is 0 Å². The predicted molar refractivity (Wildman–Crippen MR) is 86.4 cm³/mol. The SMILES string of the molecule is CCOc1cc(OCC)cc(C(=O)NCc2ccccc2)c1. The second-order valence-corrected chi connectivity index (χ2v) is 4.73. The highest BCUT2D eigenvalue weighted by atomic mass is 16.5. The smallest absolute Gasteiger partial charge is 0.251 e. The Morgan fingerprint density at radius 1 is 0.955 bits per heavy atom. The summed E-state index contributed by atoms with van der Waals surface area (Å²) in [5, 5.41) is 2.90. The third-order valence-electron chi connectivity index (χ3n) is 3.06. The first kappa shape index (κ1) is 15.9. The van der Waals surface area contributed by atoms with Crippen molar-refractivity contribution in [1.29, 1.82) is 0 Å². The maximum Gasteiger partial charge on any atom is 0.251 e. The lowest BCUT2D eigenvalue weighted by Gasteiger charge is -2.11. The minimum atomic E-state index is -0.147. The molecule has 116 valence electrons. The molecule has 0 aliphatic rings. The van der Waals surface area contributed by atoms with Crippen LogP contribution in [-0.2, 0) is 6.54 Å². The third-order valence-corrected chi connectivity index (χ3v) is 3.06. The van der Waals surface area contributed by atoms with Crippen LogP contribution in [0.25, 0.3) is 0 Å². The molecule has 0 aliphatic heterocycles. The van der Waals surface area contributed by atoms with Gasteiger partial charge in [-0.25, -0.2) is 0 Å². The highest BCUT2D eigenvalue weighted by Crippen LogP contribution is 2.23. The summed E-state index contributed by atoms with van der Waals surface area (Å²) in [5.74, 6) is 1.13. The van der Waals surface area contributed by atoms with Gasteiger partial charge in [-0.2, -0.15) is 0 Å². The summed E-state index contributed by atoms with van der Waals surface area (Å²) < 4.78 is 11.0. The van der Waals surface area contributed by atoms with Crippen LogP contribution in [0, 0.1) is 0 Å². The van der Waals surface area contributed by atoms with Gasteiger partial charge in [0, 0.05) is 18.2 Å². The standard InChI is InChI=1S/C18H21NO3/c1-3-21-16-10-15(11-17(12-16)22-4-2)18(20)19-13-14-8-6-5-7-9-14/h5-12H,3-4,13H2,1-2H3,(H,19,20). The van der Waals surface area contributed by atoms with Crippen LogP contribution in [0.1, 0.15) is 29.8 Å². The van der Waals surface area contributed by atoms with Crippen LogP contribution >= 0.6 is 0 Å². The first-order valence-electron chi connectivity index (χ1n) is 7.45. The van der Waals surface area contributed by atoms with Crippen molar-refractivity contribution >= 4 is 5.91 Å². The van der Waals surface area contributed by atoms with Gasteiger partial charge in [-0.1, -0.05) is 30.3 Å². The number of carbonyl (C=O) groups excluding carboxylic acids is 1. The molecule has 0 saturated carbocycles. The fourth-order valence-corrected chi connectivity index (χ4v) is 2.08. The molecule has 0 aromatic heterocycles. The lowest BCUT2D eigenvalue weighted by Crippen LogP contribution is -2.22. The highest BCUT2D eigenvalue weighted by Gasteiger charge is 2.10. The van der Waals surface area contributed by atoms with Crippen molar-refractivity contribution in [2.24, 2.45) is 0 Å². The van der Waals surface area contributed by atoms with E-state index in [1.807, 2.05) is 44.2 Å². The second-order valence-electron chi connectivity index (χ2n) is 4.73. The molecule has 4 heteroatoms. The molecule has 22 heavy (non-hydrogen) atoms. The minimum absolute atomic E-state index is 0.147. The van der Waals surface area contributed by atoms with Gasteiger partial charge in [-0.05, 0) is 31.5 Å². The predicted octanol–water partition coefficient (Wildman–Crippen LogP) is 3.41. The Bertz CT molecular complexity index is 587. The Hall–Kier alpha value is -2.49. The van der Waals surface area contributed by atoms with Crippen LogP contribution in [0.5, 0.6) is 11.5 Å². The highest BCUT2D eigenvalue weighted by molar-refractivity contribution is 5.95. The number of nitrogens with one attached hydrogen (secondary N) is 1. The lowest BCUT2D eigenvalue weighted by molar-refractivity contribution is 0.0950. The van der Waals surface area contributed by atoms with Crippen molar-refractivity contribution in [3.8, 4) is 11.5 Å². The Kier molecular flexibility index (Phi) is 5.83. The second kappa shape index (κ2) is 8.08. The van der Waals surface area contributed by atoms with Gasteiger partial charge in [0.15, 0.2) is 0 Å². The van der Waals surface area contributed by atoms with Gasteiger partial charge in [0.05, 0.1) is 13.2 Å². The van der Waals surface area contributed by atoms with Crippen LogP contribution in [0.3, 0.4) is 0 Å². The number of ether oxygens (including phenoxy) is 2. The van der Waals surface area contributed by atoms with Gasteiger partial charge in [0.1, 0.15) is 11.5 Å². The molecule has 4 nitrogen and oxygen atoms in total. The third kappa shape index (κ3) is 4.52. The first-order chi connectivity index (χ1) is 10.7. The van der Waals surface area contributed by atoms with E-state index in [0.29, 0.717) is 36.8 Å². The molecule has 0 unspecified atom stereocenters. The van der Waals surface area contributed by atoms with Crippen LogP contribution in [0.4, 0.5) is 0 Å². The monoisotopic (exact) mass is 299 g/mol. The van der Waals surface area contributed by atoms with E-state index in [1.54, 1.807) is 18.2 Å². The molecule has 2 rings (SSSR count). The van der Waals surface area contributed by atoms with E-state index < -0.39 is 0 Å². The van der Waals surface area contributed by atoms with Crippen LogP contribution in [-0.4, -0.2) is 19.1 Å². The van der Waals surface area contributed by atoms with Crippen molar-refractivity contribution in [3.05, 3.63) is 59.7 Å². The quantitative estimate of drug-likeness (QED) is 0.852. The summed E-state index contributed by atoms with van der Waals surface area (Å²) in [5.41, 5.74) is 1.59. The van der Waals surface area contributed by atoms with Crippen molar-refractivity contribution in [1.82, 2.24) is 5.32 Å². The molecular formula is C18H21NO3. The zero-order valence-electron chi connectivity index (χ0n) is 13.0. The molecule has 0 fully saturated rings. The van der Waals surface area contributed by atoms with E-state index >= 15 is 0 Å². The average Bonchev–Trinajstić information content (AvgIpc) is 2.54. The zero-order chi connectivity index (χ0) is 15.8. The van der Waals surface area contributed by atoms with E-state index in [2.05, 4.69) is 5.32 Å². The molecular weight excluding hydrogens is 278 g/mol. The molecule has 0 aliphatic carbocycles. The van der Waals surface area contributed by atoms with E-state index in [9.17, 15) is 4.79 Å². The van der Waals surface area contributed by atoms with E-state index in [1.165, 1.54) is 0 Å². The summed E-state index contributed by atoms with van der Waals surface area (Å²) in [7, 11) is 0. The Morgan fingerprint density at radius 2 is 1.55 bits per heavy atom. The van der Waals surface area contributed by atoms with Gasteiger partial charge in [-0.3, -0.25) is 4.79 Å². The number of rotatable bonds is 7. The number of hydrogen-bond donors (Lipinski definition) is 1. The number of amides is 1. The molecule has 0 spiro atoms. The molecule has 0 radical (unpaired) electrons. The van der Waals surface area contributed by atoms with Gasteiger partial charge < -0.3 is 14.8 Å². The largest absolute Gasteiger partial charge is 0.494 e. The van der Waals surface area contributed by atoms with Crippen molar-refractivity contribution < 1.29 is 14.3 Å². The van der Waals surface area contributed by atoms with Gasteiger partial charge in [-0.15, -0.1) is 0 Å². The van der Waals surface area contributed by atoms with E-state index in [0.717, 1.165) is 5.56 Å². The fourth-order valence-electron chi connectivity index (χ4n) is 2.08. The molecule has 2 aromatic rings. The zero-order valence-corrected chi connectivity index (χ0v) is 13.0.